The zero-order valence-electron chi connectivity index (χ0n) is 14.8. The summed E-state index contributed by atoms with van der Waals surface area (Å²) in [4.78, 5) is 18.9. The average molecular weight is 373 g/mol. The second-order valence-electron chi connectivity index (χ2n) is 5.69. The van der Waals surface area contributed by atoms with Gasteiger partial charge in [-0.2, -0.15) is 0 Å². The molecule has 0 bridgehead atoms. The lowest BCUT2D eigenvalue weighted by Gasteiger charge is -2.21. The smallest absolute Gasteiger partial charge is 0.414 e. The van der Waals surface area contributed by atoms with Crippen molar-refractivity contribution in [3.8, 4) is 12.3 Å². The van der Waals surface area contributed by atoms with Crippen LogP contribution >= 0.6 is 11.6 Å². The number of hydrogen-bond acceptors (Lipinski definition) is 4. The fourth-order valence-corrected chi connectivity index (χ4v) is 2.68. The van der Waals surface area contributed by atoms with Gasteiger partial charge in [0.2, 0.25) is 0 Å². The lowest BCUT2D eigenvalue weighted by atomic mass is 9.97. The molecule has 1 aromatic carbocycles. The number of hydrogen-bond donors (Lipinski definition) is 0. The first kappa shape index (κ1) is 19.6. The SMILES string of the molecule is C#CCN(C(=O)OC)c1ccccc1CO/N=C(\C)C1C=CC(Cl)=CC1. The van der Waals surface area contributed by atoms with Gasteiger partial charge in [0.05, 0.1) is 25.1 Å². The molecule has 26 heavy (non-hydrogen) atoms. The fourth-order valence-electron chi connectivity index (χ4n) is 2.52. The molecule has 0 aromatic heterocycles. The van der Waals surface area contributed by atoms with Crippen LogP contribution in [0.1, 0.15) is 18.9 Å². The van der Waals surface area contributed by atoms with Gasteiger partial charge in [0.15, 0.2) is 0 Å². The van der Waals surface area contributed by atoms with Gasteiger partial charge in [-0.1, -0.05) is 53.0 Å². The van der Waals surface area contributed by atoms with E-state index in [4.69, 9.17) is 27.6 Å². The van der Waals surface area contributed by atoms with Crippen molar-refractivity contribution in [3.05, 3.63) is 53.1 Å². The van der Waals surface area contributed by atoms with Gasteiger partial charge in [0, 0.05) is 16.5 Å². The third-order valence-corrected chi connectivity index (χ3v) is 4.23. The summed E-state index contributed by atoms with van der Waals surface area (Å²) in [6.45, 7) is 2.22. The molecule has 0 aliphatic heterocycles. The zero-order chi connectivity index (χ0) is 18.9. The van der Waals surface area contributed by atoms with Gasteiger partial charge in [0.25, 0.3) is 0 Å². The molecule has 6 heteroatoms. The maximum atomic E-state index is 12.0. The van der Waals surface area contributed by atoms with Gasteiger partial charge in [-0.25, -0.2) is 4.79 Å². The van der Waals surface area contributed by atoms with Crippen LogP contribution < -0.4 is 4.90 Å². The second-order valence-corrected chi connectivity index (χ2v) is 6.12. The van der Waals surface area contributed by atoms with E-state index in [2.05, 4.69) is 11.1 Å². The number of carbonyl (C=O) groups excluding carboxylic acids is 1. The summed E-state index contributed by atoms with van der Waals surface area (Å²) in [5, 5.41) is 4.93. The Hall–Kier alpha value is -2.71. The third-order valence-electron chi connectivity index (χ3n) is 3.95. The summed E-state index contributed by atoms with van der Waals surface area (Å²) >= 11 is 5.93. The molecule has 0 fully saturated rings. The lowest BCUT2D eigenvalue weighted by molar-refractivity contribution is 0.129. The number of ether oxygens (including phenoxy) is 1. The number of nitrogens with zero attached hydrogens (tertiary/aromatic N) is 2. The Bertz CT molecular complexity index is 778. The minimum absolute atomic E-state index is 0.103. The van der Waals surface area contributed by atoms with Crippen LogP contribution in [0.15, 0.2) is 52.7 Å². The van der Waals surface area contributed by atoms with Crippen molar-refractivity contribution in [1.29, 1.82) is 0 Å². The molecule has 1 atom stereocenters. The summed E-state index contributed by atoms with van der Waals surface area (Å²) in [5.41, 5.74) is 2.27. The fraction of sp³-hybridized carbons (Fsp3) is 0.300. The van der Waals surface area contributed by atoms with Crippen molar-refractivity contribution in [3.63, 3.8) is 0 Å². The summed E-state index contributed by atoms with van der Waals surface area (Å²) in [6, 6.07) is 7.33. The second kappa shape index (κ2) is 9.69. The van der Waals surface area contributed by atoms with Gasteiger partial charge < -0.3 is 9.57 Å². The van der Waals surface area contributed by atoms with Crippen molar-refractivity contribution < 1.29 is 14.4 Å². The first-order chi connectivity index (χ1) is 12.6. The van der Waals surface area contributed by atoms with Crippen LogP contribution in [0.25, 0.3) is 0 Å². The van der Waals surface area contributed by atoms with Gasteiger partial charge in [-0.3, -0.25) is 4.90 Å². The van der Waals surface area contributed by atoms with Crippen LogP contribution in [0.2, 0.25) is 0 Å². The number of benzene rings is 1. The van der Waals surface area contributed by atoms with E-state index >= 15 is 0 Å². The van der Waals surface area contributed by atoms with Gasteiger partial charge in [-0.15, -0.1) is 6.42 Å². The molecule has 5 nitrogen and oxygen atoms in total. The summed E-state index contributed by atoms with van der Waals surface area (Å²) < 4.78 is 4.80. The number of methoxy groups -OCH3 is 1. The molecule has 1 aliphatic rings. The summed E-state index contributed by atoms with van der Waals surface area (Å²) in [5.74, 6) is 2.63. The highest BCUT2D eigenvalue weighted by molar-refractivity contribution is 6.31. The number of amides is 1. The number of halogens is 1. The van der Waals surface area contributed by atoms with E-state index in [0.717, 1.165) is 22.7 Å². The maximum absolute atomic E-state index is 12.0. The Morgan fingerprint density at radius 3 is 2.88 bits per heavy atom. The normalized spacial score (nSPS) is 16.5. The zero-order valence-corrected chi connectivity index (χ0v) is 15.6. The van der Waals surface area contributed by atoms with Gasteiger partial charge in [0.1, 0.15) is 6.61 Å². The summed E-state index contributed by atoms with van der Waals surface area (Å²) in [6.07, 6.45) is 11.5. The van der Waals surface area contributed by atoms with Crippen molar-refractivity contribution in [2.75, 3.05) is 18.6 Å². The van der Waals surface area contributed by atoms with Gasteiger partial charge >= 0.3 is 6.09 Å². The molecule has 0 saturated heterocycles. The van der Waals surface area contributed by atoms with Crippen molar-refractivity contribution in [1.82, 2.24) is 0 Å². The van der Waals surface area contributed by atoms with Gasteiger partial charge in [-0.05, 0) is 25.5 Å². The quantitative estimate of drug-likeness (QED) is 0.420. The van der Waals surface area contributed by atoms with Crippen LogP contribution in [0, 0.1) is 18.3 Å². The summed E-state index contributed by atoms with van der Waals surface area (Å²) in [7, 11) is 1.32. The topological polar surface area (TPSA) is 51.1 Å². The largest absolute Gasteiger partial charge is 0.452 e. The molecule has 1 amide bonds. The first-order valence-corrected chi connectivity index (χ1v) is 8.51. The molecule has 0 N–H and O–H groups in total. The van der Waals surface area contributed by atoms with E-state index in [9.17, 15) is 4.79 Å². The molecule has 2 rings (SSSR count). The van der Waals surface area contributed by atoms with Crippen LogP contribution in [-0.4, -0.2) is 25.5 Å². The van der Waals surface area contributed by atoms with E-state index in [1.807, 2.05) is 43.4 Å². The van der Waals surface area contributed by atoms with Crippen molar-refractivity contribution >= 4 is 29.1 Å². The molecule has 0 saturated carbocycles. The minimum Gasteiger partial charge on any atom is -0.452 e. The van der Waals surface area contributed by atoms with E-state index in [1.165, 1.54) is 12.0 Å². The standard InChI is InChI=1S/C20H21ClN2O3/c1-4-13-23(20(24)25-3)19-8-6-5-7-17(19)14-26-22-15(2)16-9-11-18(21)12-10-16/h1,5-9,11-12,16H,10,13-14H2,2-3H3/b22-15+. The maximum Gasteiger partial charge on any atom is 0.414 e. The first-order valence-electron chi connectivity index (χ1n) is 8.14. The Morgan fingerprint density at radius 1 is 1.46 bits per heavy atom. The molecule has 1 unspecified atom stereocenters. The van der Waals surface area contributed by atoms with Crippen LogP contribution in [0.3, 0.4) is 0 Å². The predicted octanol–water partition coefficient (Wildman–Crippen LogP) is 4.48. The predicted molar refractivity (Wildman–Crippen MR) is 104 cm³/mol. The Balaban J connectivity index is 2.08. The van der Waals surface area contributed by atoms with E-state index < -0.39 is 6.09 Å². The number of rotatable bonds is 6. The van der Waals surface area contributed by atoms with Crippen LogP contribution in [0.4, 0.5) is 10.5 Å². The molecule has 1 aromatic rings. The highest BCUT2D eigenvalue weighted by Crippen LogP contribution is 2.23. The molecule has 0 radical (unpaired) electrons. The molecule has 136 valence electrons. The van der Waals surface area contributed by atoms with E-state index in [0.29, 0.717) is 5.69 Å². The number of anilines is 1. The Morgan fingerprint density at radius 2 is 2.23 bits per heavy atom. The molecular weight excluding hydrogens is 352 g/mol. The van der Waals surface area contributed by atoms with Crippen LogP contribution in [-0.2, 0) is 16.2 Å². The highest BCUT2D eigenvalue weighted by Gasteiger charge is 2.18. The third kappa shape index (κ3) is 5.14. The van der Waals surface area contributed by atoms with Crippen LogP contribution in [0.5, 0.6) is 0 Å². The number of carbonyl (C=O) groups is 1. The lowest BCUT2D eigenvalue weighted by Crippen LogP contribution is -2.32. The number of terminal acetylenes is 1. The molecule has 1 aliphatic carbocycles. The van der Waals surface area contributed by atoms with E-state index in [-0.39, 0.29) is 19.1 Å². The number of allylic oxidation sites excluding steroid dienone is 4. The highest BCUT2D eigenvalue weighted by atomic mass is 35.5. The van der Waals surface area contributed by atoms with E-state index in [1.54, 1.807) is 6.07 Å². The Kier molecular flexibility index (Phi) is 7.31. The molecular formula is C20H21ClN2O3. The molecule has 0 heterocycles. The molecule has 0 spiro atoms. The number of para-hydroxylation sites is 1. The Labute approximate surface area is 158 Å². The van der Waals surface area contributed by atoms with Crippen molar-refractivity contribution in [2.45, 2.75) is 20.0 Å². The monoisotopic (exact) mass is 372 g/mol. The number of oxime groups is 1. The average Bonchev–Trinajstić information content (AvgIpc) is 2.66. The van der Waals surface area contributed by atoms with Crippen molar-refractivity contribution in [2.24, 2.45) is 11.1 Å². The minimum atomic E-state index is -0.522.